The van der Waals surface area contributed by atoms with Crippen LogP contribution in [0.3, 0.4) is 0 Å². The molecule has 13 heteroatoms. The van der Waals surface area contributed by atoms with Gasteiger partial charge < -0.3 is 5.11 Å². The summed E-state index contributed by atoms with van der Waals surface area (Å²) in [5.41, 5.74) is -0.128. The zero-order valence-electron chi connectivity index (χ0n) is 23.5. The molecule has 1 saturated carbocycles. The third-order valence-electron chi connectivity index (χ3n) is 7.95. The average Bonchev–Trinajstić information content (AvgIpc) is 3.30. The van der Waals surface area contributed by atoms with Crippen molar-refractivity contribution in [3.63, 3.8) is 0 Å². The Labute approximate surface area is 261 Å². The molecule has 1 unspecified atom stereocenters. The summed E-state index contributed by atoms with van der Waals surface area (Å²) in [4.78, 5) is 47.8. The number of nitrogens with zero attached hydrogens (tertiary/aromatic N) is 5. The van der Waals surface area contributed by atoms with Gasteiger partial charge in [0.15, 0.2) is 5.78 Å². The van der Waals surface area contributed by atoms with Crippen LogP contribution in [0.15, 0.2) is 60.8 Å². The molecule has 230 valence electrons. The molecule has 45 heavy (non-hydrogen) atoms. The molecule has 1 aromatic heterocycles. The Morgan fingerprint density at radius 2 is 1.82 bits per heavy atom. The maximum Gasteiger partial charge on any atom is 0.257 e. The number of alkyl halides is 2. The van der Waals surface area contributed by atoms with Crippen LogP contribution in [-0.4, -0.2) is 45.8 Å². The number of nitriles is 2. The first-order chi connectivity index (χ1) is 21.4. The number of benzene rings is 2. The van der Waals surface area contributed by atoms with Crippen molar-refractivity contribution < 1.29 is 32.7 Å². The van der Waals surface area contributed by atoms with E-state index in [0.717, 1.165) is 21.9 Å². The number of aliphatic hydroxyl groups excluding tert-OH is 1. The van der Waals surface area contributed by atoms with Crippen molar-refractivity contribution in [1.29, 1.82) is 10.5 Å². The normalized spacial score (nSPS) is 19.7. The number of pyridine rings is 1. The summed E-state index contributed by atoms with van der Waals surface area (Å²) in [6, 6.07) is 12.5. The molecule has 1 aliphatic heterocycles. The van der Waals surface area contributed by atoms with Crippen LogP contribution in [0.2, 0.25) is 5.02 Å². The van der Waals surface area contributed by atoms with Gasteiger partial charge in [-0.15, -0.1) is 0 Å². The van der Waals surface area contributed by atoms with E-state index in [1.807, 2.05) is 12.1 Å². The molecule has 2 fully saturated rings. The Kier molecular flexibility index (Phi) is 8.91. The van der Waals surface area contributed by atoms with Gasteiger partial charge in [-0.1, -0.05) is 29.8 Å². The van der Waals surface area contributed by atoms with Gasteiger partial charge in [0.05, 0.1) is 23.3 Å². The second-order valence-corrected chi connectivity index (χ2v) is 11.5. The number of aliphatic hydroxyl groups is 1. The molecule has 5 rings (SSSR count). The van der Waals surface area contributed by atoms with Gasteiger partial charge in [0.1, 0.15) is 29.8 Å². The molecular weight excluding hydrogens is 611 g/mol. The highest BCUT2D eigenvalue weighted by Gasteiger charge is 2.49. The van der Waals surface area contributed by atoms with E-state index >= 15 is 0 Å². The van der Waals surface area contributed by atoms with Crippen LogP contribution in [0, 0.1) is 34.4 Å². The standard InChI is InChI=1S/C32H25ClF3N5O4/c33-24-4-2-1-3-23(24)29(26(42)6-5-19-14-32(35,36)15-19)40(22-10-20(17-38)9-21(34)12-22)30(44)25-13-27(43)31(45)41(25)28-11-18(16-37)7-8-39-28/h1-4,7-12,19,25,27,29,43H,5-6,13-15H2/t25-,27+,29?/m0/s1. The summed E-state index contributed by atoms with van der Waals surface area (Å²) in [6.07, 6.45) is -1.72. The van der Waals surface area contributed by atoms with Crippen LogP contribution in [-0.2, 0) is 14.4 Å². The Bertz CT molecular complexity index is 1750. The van der Waals surface area contributed by atoms with Gasteiger partial charge in [-0.2, -0.15) is 10.5 Å². The Balaban J connectivity index is 1.64. The minimum Gasteiger partial charge on any atom is -0.383 e. The van der Waals surface area contributed by atoms with E-state index in [0.29, 0.717) is 0 Å². The fourth-order valence-electron chi connectivity index (χ4n) is 5.80. The maximum atomic E-state index is 14.9. The summed E-state index contributed by atoms with van der Waals surface area (Å²) in [7, 11) is 0. The third-order valence-corrected chi connectivity index (χ3v) is 8.30. The summed E-state index contributed by atoms with van der Waals surface area (Å²) < 4.78 is 41.9. The highest BCUT2D eigenvalue weighted by molar-refractivity contribution is 6.31. The lowest BCUT2D eigenvalue weighted by Gasteiger charge is -2.37. The number of carbonyl (C=O) groups is 3. The highest BCUT2D eigenvalue weighted by Crippen LogP contribution is 2.45. The predicted molar refractivity (Wildman–Crippen MR) is 156 cm³/mol. The Hall–Kier alpha value is -4.78. The number of anilines is 2. The second-order valence-electron chi connectivity index (χ2n) is 11.1. The molecule has 1 N–H and O–H groups in total. The number of hydrogen-bond acceptors (Lipinski definition) is 7. The molecule has 2 aromatic carbocycles. The molecule has 0 spiro atoms. The van der Waals surface area contributed by atoms with Gasteiger partial charge in [0.25, 0.3) is 11.8 Å². The van der Waals surface area contributed by atoms with Crippen molar-refractivity contribution in [3.8, 4) is 12.1 Å². The van der Waals surface area contributed by atoms with Crippen LogP contribution >= 0.6 is 11.6 Å². The van der Waals surface area contributed by atoms with Crippen LogP contribution in [0.25, 0.3) is 0 Å². The Morgan fingerprint density at radius 3 is 2.49 bits per heavy atom. The lowest BCUT2D eigenvalue weighted by atomic mass is 9.77. The van der Waals surface area contributed by atoms with Crippen molar-refractivity contribution in [2.45, 2.75) is 56.2 Å². The SMILES string of the molecule is N#Cc1cc(F)cc(N(C(=O)[C@@H]2C[C@@H](O)C(=O)N2c2cc(C#N)ccn2)C(C(=O)CCC2CC(F)(F)C2)c2ccccc2Cl)c1. The van der Waals surface area contributed by atoms with Gasteiger partial charge in [-0.05, 0) is 48.7 Å². The van der Waals surface area contributed by atoms with Crippen molar-refractivity contribution in [2.24, 2.45) is 5.92 Å². The number of Topliss-reactive ketones (excluding diaryl/α,β-unsaturated/α-hetero) is 1. The third kappa shape index (κ3) is 6.53. The van der Waals surface area contributed by atoms with E-state index in [2.05, 4.69) is 4.98 Å². The second kappa shape index (κ2) is 12.7. The van der Waals surface area contributed by atoms with Crippen molar-refractivity contribution in [1.82, 2.24) is 4.98 Å². The molecule has 1 aliphatic carbocycles. The molecule has 9 nitrogen and oxygen atoms in total. The molecule has 2 heterocycles. The number of rotatable bonds is 9. The first kappa shape index (κ1) is 31.6. The first-order valence-corrected chi connectivity index (χ1v) is 14.4. The molecule has 3 atom stereocenters. The fourth-order valence-corrected chi connectivity index (χ4v) is 6.04. The summed E-state index contributed by atoms with van der Waals surface area (Å²) in [6.45, 7) is 0. The number of carbonyl (C=O) groups excluding carboxylic acids is 3. The zero-order chi connectivity index (χ0) is 32.5. The number of halogens is 4. The van der Waals surface area contributed by atoms with Gasteiger partial charge >= 0.3 is 0 Å². The molecule has 2 aliphatic rings. The summed E-state index contributed by atoms with van der Waals surface area (Å²) in [5.74, 6) is -6.66. The fraction of sp³-hybridized carbons (Fsp3) is 0.312. The molecular formula is C32H25ClF3N5O4. The van der Waals surface area contributed by atoms with Crippen LogP contribution in [0.1, 0.15) is 54.8 Å². The van der Waals surface area contributed by atoms with Crippen molar-refractivity contribution in [3.05, 3.63) is 88.3 Å². The highest BCUT2D eigenvalue weighted by atomic mass is 35.5. The molecule has 0 bridgehead atoms. The number of ketones is 1. The van der Waals surface area contributed by atoms with E-state index in [1.165, 1.54) is 36.5 Å². The van der Waals surface area contributed by atoms with E-state index in [1.54, 1.807) is 12.1 Å². The van der Waals surface area contributed by atoms with E-state index in [4.69, 9.17) is 11.6 Å². The minimum atomic E-state index is -2.80. The summed E-state index contributed by atoms with van der Waals surface area (Å²) in [5, 5.41) is 29.6. The van der Waals surface area contributed by atoms with Crippen LogP contribution in [0.5, 0.6) is 0 Å². The largest absolute Gasteiger partial charge is 0.383 e. The van der Waals surface area contributed by atoms with Gasteiger partial charge in [0.2, 0.25) is 5.92 Å². The molecule has 2 amide bonds. The predicted octanol–water partition coefficient (Wildman–Crippen LogP) is 5.25. The monoisotopic (exact) mass is 635 g/mol. The van der Waals surface area contributed by atoms with E-state index in [-0.39, 0.29) is 58.9 Å². The van der Waals surface area contributed by atoms with E-state index < -0.39 is 59.9 Å². The lowest BCUT2D eigenvalue weighted by Crippen LogP contribution is -2.50. The maximum absolute atomic E-state index is 14.9. The lowest BCUT2D eigenvalue weighted by molar-refractivity contribution is -0.129. The number of hydrogen-bond donors (Lipinski definition) is 1. The van der Waals surface area contributed by atoms with Gasteiger partial charge in [0, 0.05) is 48.2 Å². The van der Waals surface area contributed by atoms with Crippen LogP contribution < -0.4 is 9.80 Å². The quantitative estimate of drug-likeness (QED) is 0.339. The summed E-state index contributed by atoms with van der Waals surface area (Å²) >= 11 is 6.53. The topological polar surface area (TPSA) is 138 Å². The Morgan fingerprint density at radius 1 is 1.11 bits per heavy atom. The molecule has 0 radical (unpaired) electrons. The zero-order valence-corrected chi connectivity index (χ0v) is 24.3. The number of amides is 2. The van der Waals surface area contributed by atoms with Gasteiger partial charge in [-0.3, -0.25) is 24.2 Å². The van der Waals surface area contributed by atoms with Crippen molar-refractivity contribution in [2.75, 3.05) is 9.80 Å². The van der Waals surface area contributed by atoms with Crippen LogP contribution in [0.4, 0.5) is 24.7 Å². The van der Waals surface area contributed by atoms with Gasteiger partial charge in [-0.25, -0.2) is 18.2 Å². The smallest absolute Gasteiger partial charge is 0.257 e. The number of aromatic nitrogens is 1. The van der Waals surface area contributed by atoms with E-state index in [9.17, 15) is 43.2 Å². The molecule has 1 saturated heterocycles. The first-order valence-electron chi connectivity index (χ1n) is 14.0. The molecule has 3 aromatic rings. The average molecular weight is 636 g/mol. The minimum absolute atomic E-state index is 0.0727. The van der Waals surface area contributed by atoms with Crippen molar-refractivity contribution >= 4 is 40.7 Å².